The van der Waals surface area contributed by atoms with Crippen molar-refractivity contribution < 1.29 is 28.5 Å². The van der Waals surface area contributed by atoms with Crippen LogP contribution in [0.4, 0.5) is 0 Å². The fourth-order valence-corrected chi connectivity index (χ4v) is 2.52. The first-order chi connectivity index (χ1) is 15.1. The number of methoxy groups -OCH3 is 1. The van der Waals surface area contributed by atoms with E-state index in [1.807, 2.05) is 25.2 Å². The lowest BCUT2D eigenvalue weighted by atomic mass is 10.1. The summed E-state index contributed by atoms with van der Waals surface area (Å²) in [7, 11) is 1.36. The number of carbonyl (C=O) groups excluding carboxylic acids is 1. The van der Waals surface area contributed by atoms with Gasteiger partial charge in [0.1, 0.15) is 0 Å². The minimum absolute atomic E-state index is 0.0444. The molecule has 0 bridgehead atoms. The average Bonchev–Trinajstić information content (AvgIpc) is 2.74. The zero-order chi connectivity index (χ0) is 22.6. The van der Waals surface area contributed by atoms with Crippen LogP contribution in [0, 0.1) is 0 Å². The second-order valence-electron chi connectivity index (χ2n) is 7.01. The Morgan fingerprint density at radius 2 is 1.58 bits per heavy atom. The largest absolute Gasteiger partial charge is 0.485 e. The molecule has 0 aromatic heterocycles. The lowest BCUT2D eigenvalue weighted by molar-refractivity contribution is -0.141. The van der Waals surface area contributed by atoms with E-state index in [1.165, 1.54) is 7.11 Å². The molecule has 2 N–H and O–H groups in total. The number of unbranched alkanes of at least 4 members (excludes halogenated alkanes) is 3. The van der Waals surface area contributed by atoms with E-state index in [2.05, 4.69) is 16.2 Å². The van der Waals surface area contributed by atoms with Gasteiger partial charge in [0.25, 0.3) is 0 Å². The van der Waals surface area contributed by atoms with Crippen LogP contribution in [0.15, 0.2) is 47.1 Å². The second-order valence-corrected chi connectivity index (χ2v) is 7.01. The Hall–Kier alpha value is -2.11. The van der Waals surface area contributed by atoms with E-state index in [1.54, 1.807) is 6.08 Å². The SMILES string of the molecule is COC(=O)CCOCCOCCOCCCCCCOC1=C=C/C([C@@H](C)N)=C\C=C=C1. The van der Waals surface area contributed by atoms with Crippen LogP contribution in [0.3, 0.4) is 0 Å². The fraction of sp³-hybridized carbons (Fsp3) is 0.625. The van der Waals surface area contributed by atoms with Gasteiger partial charge in [0, 0.05) is 18.7 Å². The molecular formula is C24H37NO6. The van der Waals surface area contributed by atoms with Crippen molar-refractivity contribution in [2.45, 2.75) is 45.1 Å². The predicted molar refractivity (Wildman–Crippen MR) is 119 cm³/mol. The molecule has 0 saturated heterocycles. The van der Waals surface area contributed by atoms with Crippen molar-refractivity contribution in [3.63, 3.8) is 0 Å². The quantitative estimate of drug-likeness (QED) is 0.201. The van der Waals surface area contributed by atoms with Crippen LogP contribution in [0.25, 0.3) is 0 Å². The van der Waals surface area contributed by atoms with E-state index in [4.69, 9.17) is 24.7 Å². The molecule has 7 nitrogen and oxygen atoms in total. The highest BCUT2D eigenvalue weighted by Gasteiger charge is 2.01. The third kappa shape index (κ3) is 15.4. The van der Waals surface area contributed by atoms with E-state index < -0.39 is 0 Å². The first-order valence-electron chi connectivity index (χ1n) is 10.9. The van der Waals surface area contributed by atoms with Crippen LogP contribution in [0.2, 0.25) is 0 Å². The minimum atomic E-state index is -0.269. The molecule has 0 radical (unpaired) electrons. The van der Waals surface area contributed by atoms with E-state index in [9.17, 15) is 4.79 Å². The molecule has 0 fully saturated rings. The maximum Gasteiger partial charge on any atom is 0.307 e. The molecule has 7 heteroatoms. The number of ether oxygens (including phenoxy) is 5. The molecule has 31 heavy (non-hydrogen) atoms. The first kappa shape index (κ1) is 26.9. The van der Waals surface area contributed by atoms with Crippen LogP contribution in [0.5, 0.6) is 0 Å². The van der Waals surface area contributed by atoms with E-state index in [-0.39, 0.29) is 18.4 Å². The summed E-state index contributed by atoms with van der Waals surface area (Å²) in [6.45, 7) is 5.74. The minimum Gasteiger partial charge on any atom is -0.485 e. The number of allylic oxidation sites excluding steroid dienone is 1. The zero-order valence-electron chi connectivity index (χ0n) is 18.9. The fourth-order valence-electron chi connectivity index (χ4n) is 2.52. The molecule has 1 aliphatic carbocycles. The second kappa shape index (κ2) is 18.6. The summed E-state index contributed by atoms with van der Waals surface area (Å²) in [6.07, 6.45) is 11.9. The van der Waals surface area contributed by atoms with Crippen molar-refractivity contribution in [1.29, 1.82) is 0 Å². The Bertz CT molecular complexity index is 655. The van der Waals surface area contributed by atoms with Crippen molar-refractivity contribution in [2.24, 2.45) is 5.73 Å². The van der Waals surface area contributed by atoms with Crippen molar-refractivity contribution in [3.8, 4) is 0 Å². The predicted octanol–water partition coefficient (Wildman–Crippen LogP) is 3.21. The highest BCUT2D eigenvalue weighted by Crippen LogP contribution is 2.08. The van der Waals surface area contributed by atoms with Gasteiger partial charge < -0.3 is 29.4 Å². The summed E-state index contributed by atoms with van der Waals surface area (Å²) in [6, 6.07) is -0.0444. The van der Waals surface area contributed by atoms with Gasteiger partial charge in [-0.1, -0.05) is 12.2 Å². The lowest BCUT2D eigenvalue weighted by Crippen LogP contribution is -2.16. The molecule has 1 atom stereocenters. The maximum atomic E-state index is 10.9. The van der Waals surface area contributed by atoms with Gasteiger partial charge in [0.2, 0.25) is 0 Å². The Morgan fingerprint density at radius 1 is 0.935 bits per heavy atom. The number of hydrogen-bond acceptors (Lipinski definition) is 7. The van der Waals surface area contributed by atoms with Gasteiger partial charge in [-0.05, 0) is 50.0 Å². The molecule has 0 aromatic rings. The third-order valence-corrected chi connectivity index (χ3v) is 4.36. The Balaban J connectivity index is 1.90. The molecule has 0 aromatic carbocycles. The monoisotopic (exact) mass is 435 g/mol. The van der Waals surface area contributed by atoms with Gasteiger partial charge >= 0.3 is 5.97 Å². The molecular weight excluding hydrogens is 398 g/mol. The first-order valence-corrected chi connectivity index (χ1v) is 10.9. The van der Waals surface area contributed by atoms with Crippen LogP contribution in [-0.2, 0) is 28.5 Å². The molecule has 1 aliphatic rings. The molecule has 0 aliphatic heterocycles. The Kier molecular flexibility index (Phi) is 16.2. The maximum absolute atomic E-state index is 10.9. The van der Waals surface area contributed by atoms with Crippen LogP contribution < -0.4 is 5.73 Å². The topological polar surface area (TPSA) is 89.2 Å². The van der Waals surface area contributed by atoms with E-state index in [0.717, 1.165) is 37.9 Å². The smallest absolute Gasteiger partial charge is 0.307 e. The molecule has 0 spiro atoms. The van der Waals surface area contributed by atoms with Crippen molar-refractivity contribution >= 4 is 5.97 Å². The van der Waals surface area contributed by atoms with Gasteiger partial charge in [-0.2, -0.15) is 0 Å². The van der Waals surface area contributed by atoms with Crippen LogP contribution in [0.1, 0.15) is 39.0 Å². The van der Waals surface area contributed by atoms with Crippen molar-refractivity contribution in [1.82, 2.24) is 0 Å². The van der Waals surface area contributed by atoms with Gasteiger partial charge in [-0.15, -0.1) is 5.73 Å². The number of carbonyl (C=O) groups is 1. The lowest BCUT2D eigenvalue weighted by Gasteiger charge is -2.08. The van der Waals surface area contributed by atoms with Gasteiger partial charge in [-0.3, -0.25) is 4.79 Å². The Labute approximate surface area is 186 Å². The summed E-state index contributed by atoms with van der Waals surface area (Å²) < 4.78 is 26.5. The van der Waals surface area contributed by atoms with E-state index in [0.29, 0.717) is 45.4 Å². The summed E-state index contributed by atoms with van der Waals surface area (Å²) in [5.74, 6) is 0.412. The van der Waals surface area contributed by atoms with Gasteiger partial charge in [0.15, 0.2) is 5.76 Å². The summed E-state index contributed by atoms with van der Waals surface area (Å²) in [5.41, 5.74) is 13.1. The molecule has 0 unspecified atom stereocenters. The standard InChI is InChI=1S/C24H37NO6/c1-21(25)22-9-5-6-10-23(12-11-22)31-15-8-4-3-7-14-28-17-19-30-20-18-29-16-13-24(26)27-2/h5,9-11,21H,3-4,7-8,13-20,25H2,1-2H3/b22-9+/t6?,12?,21-/m1/s1. The van der Waals surface area contributed by atoms with Gasteiger partial charge in [-0.25, -0.2) is 0 Å². The molecule has 0 amide bonds. The molecule has 0 saturated carbocycles. The van der Waals surface area contributed by atoms with Crippen molar-refractivity contribution in [3.05, 3.63) is 47.1 Å². The number of hydrogen-bond donors (Lipinski definition) is 1. The third-order valence-electron chi connectivity index (χ3n) is 4.36. The highest BCUT2D eigenvalue weighted by molar-refractivity contribution is 5.69. The summed E-state index contributed by atoms with van der Waals surface area (Å²) in [5, 5.41) is 0. The van der Waals surface area contributed by atoms with Gasteiger partial charge in [0.05, 0.1) is 53.2 Å². The summed E-state index contributed by atoms with van der Waals surface area (Å²) in [4.78, 5) is 10.9. The molecule has 174 valence electrons. The normalized spacial score (nSPS) is 15.6. The summed E-state index contributed by atoms with van der Waals surface area (Å²) >= 11 is 0. The molecule has 1 rings (SSSR count). The number of rotatable bonds is 18. The van der Waals surface area contributed by atoms with Crippen LogP contribution >= 0.6 is 0 Å². The number of esters is 1. The Morgan fingerprint density at radius 3 is 2.26 bits per heavy atom. The highest BCUT2D eigenvalue weighted by atomic mass is 16.5. The number of nitrogens with two attached hydrogens (primary N) is 1. The van der Waals surface area contributed by atoms with E-state index >= 15 is 0 Å². The van der Waals surface area contributed by atoms with Crippen LogP contribution in [-0.4, -0.2) is 65.4 Å². The zero-order valence-corrected chi connectivity index (χ0v) is 18.9. The average molecular weight is 436 g/mol. The van der Waals surface area contributed by atoms with Crippen molar-refractivity contribution in [2.75, 3.05) is 53.4 Å². The molecule has 0 heterocycles.